The van der Waals surface area contributed by atoms with Crippen LogP contribution in [0.5, 0.6) is 0 Å². The molecule has 0 spiro atoms. The number of rotatable bonds is 3. The maximum atomic E-state index is 2.23. The minimum Gasteiger partial charge on any atom is -1.00 e. The van der Waals surface area contributed by atoms with Crippen molar-refractivity contribution in [2.75, 3.05) is 0 Å². The summed E-state index contributed by atoms with van der Waals surface area (Å²) in [6, 6.07) is 0. The zero-order valence-corrected chi connectivity index (χ0v) is 5.83. The van der Waals surface area contributed by atoms with Gasteiger partial charge in [0, 0.05) is 0 Å². The second-order valence-corrected chi connectivity index (χ2v) is 1.71. The molecule has 0 heterocycles. The first-order valence-electron chi connectivity index (χ1n) is 2.91. The molecule has 7 heavy (non-hydrogen) atoms. The van der Waals surface area contributed by atoms with Gasteiger partial charge in [-0.25, -0.2) is 0 Å². The number of hydrogen-bond donors (Lipinski definition) is 0. The van der Waals surface area contributed by atoms with Crippen molar-refractivity contribution in [3.63, 3.8) is 0 Å². The van der Waals surface area contributed by atoms with Crippen molar-refractivity contribution in [3.8, 4) is 0 Å². The van der Waals surface area contributed by atoms with Crippen LogP contribution in [0.2, 0.25) is 0 Å². The Kier molecular flexibility index (Phi) is 14.7. The monoisotopic (exact) mass is 94.1 g/mol. The minimum absolute atomic E-state index is 0. The van der Waals surface area contributed by atoms with Gasteiger partial charge in [-0.05, 0) is 0 Å². The van der Waals surface area contributed by atoms with Gasteiger partial charge in [0.25, 0.3) is 0 Å². The van der Waals surface area contributed by atoms with Gasteiger partial charge in [0.2, 0.25) is 0 Å². The largest absolute Gasteiger partial charge is 1.00 e. The normalized spacial score (nSPS) is 7.71. The summed E-state index contributed by atoms with van der Waals surface area (Å²) in [5.74, 6) is 0. The molecule has 0 aromatic heterocycles. The molecule has 0 radical (unpaired) electrons. The standard InChI is InChI=1S/C6H14.Li.H/c1-3-5-6-4-2;;/h3-6H2,1-2H3;;/q;+1;-1. The quantitative estimate of drug-likeness (QED) is 0.333. The van der Waals surface area contributed by atoms with Crippen LogP contribution in [0.25, 0.3) is 0 Å². The SMILES string of the molecule is CCCCCC.[H-].[Li+]. The fourth-order valence-corrected chi connectivity index (χ4v) is 0.500. The molecule has 0 aromatic carbocycles. The molecule has 0 saturated heterocycles. The van der Waals surface area contributed by atoms with Crippen LogP contribution in [0.1, 0.15) is 41.0 Å². The maximum absolute atomic E-state index is 2.23. The molecular weight excluding hydrogens is 79.0 g/mol. The summed E-state index contributed by atoms with van der Waals surface area (Å²) < 4.78 is 0. The third-order valence-corrected chi connectivity index (χ3v) is 0.957. The summed E-state index contributed by atoms with van der Waals surface area (Å²) in [6.07, 6.45) is 5.54. The summed E-state index contributed by atoms with van der Waals surface area (Å²) in [6.45, 7) is 4.46. The maximum Gasteiger partial charge on any atom is 1.00 e. The number of hydrogen-bond acceptors (Lipinski definition) is 0. The Morgan fingerprint density at radius 1 is 1.00 bits per heavy atom. The molecule has 1 heteroatoms. The Labute approximate surface area is 60.3 Å². The van der Waals surface area contributed by atoms with Gasteiger partial charge < -0.3 is 1.43 Å². The van der Waals surface area contributed by atoms with Crippen molar-refractivity contribution >= 4 is 0 Å². The smallest absolute Gasteiger partial charge is 1.00 e. The molecule has 0 saturated carbocycles. The van der Waals surface area contributed by atoms with Crippen molar-refractivity contribution in [1.29, 1.82) is 0 Å². The van der Waals surface area contributed by atoms with Crippen LogP contribution >= 0.6 is 0 Å². The average Bonchev–Trinajstić information content (AvgIpc) is 1.61. The van der Waals surface area contributed by atoms with Crippen LogP contribution < -0.4 is 18.9 Å². The van der Waals surface area contributed by atoms with Crippen molar-refractivity contribution in [1.82, 2.24) is 0 Å². The molecule has 0 aromatic rings. The van der Waals surface area contributed by atoms with Crippen molar-refractivity contribution in [3.05, 3.63) is 0 Å². The van der Waals surface area contributed by atoms with E-state index in [4.69, 9.17) is 0 Å². The van der Waals surface area contributed by atoms with E-state index in [1.807, 2.05) is 0 Å². The van der Waals surface area contributed by atoms with Gasteiger partial charge in [-0.3, -0.25) is 0 Å². The number of unbranched alkanes of at least 4 members (excludes halogenated alkanes) is 3. The Bertz CT molecular complexity index is 20.5. The van der Waals surface area contributed by atoms with Crippen molar-refractivity contribution in [2.45, 2.75) is 39.5 Å². The summed E-state index contributed by atoms with van der Waals surface area (Å²) in [5.41, 5.74) is 0. The first kappa shape index (κ1) is 10.6. The van der Waals surface area contributed by atoms with Gasteiger partial charge in [-0.1, -0.05) is 39.5 Å². The fraction of sp³-hybridized carbons (Fsp3) is 1.00. The van der Waals surface area contributed by atoms with E-state index in [0.717, 1.165) is 0 Å². The molecule has 0 N–H and O–H groups in total. The molecule has 0 atom stereocenters. The summed E-state index contributed by atoms with van der Waals surface area (Å²) in [4.78, 5) is 0. The second-order valence-electron chi connectivity index (χ2n) is 1.71. The molecule has 0 amide bonds. The molecule has 0 aliphatic heterocycles. The molecular formula is C6H15Li. The van der Waals surface area contributed by atoms with Crippen LogP contribution in [0, 0.1) is 0 Å². The molecule has 0 nitrogen and oxygen atoms in total. The average molecular weight is 94.1 g/mol. The van der Waals surface area contributed by atoms with E-state index in [0.29, 0.717) is 0 Å². The van der Waals surface area contributed by atoms with Gasteiger partial charge in [-0.15, -0.1) is 0 Å². The van der Waals surface area contributed by atoms with Crippen LogP contribution in [0.4, 0.5) is 0 Å². The summed E-state index contributed by atoms with van der Waals surface area (Å²) in [7, 11) is 0. The first-order valence-corrected chi connectivity index (χ1v) is 2.91. The molecule has 0 aliphatic carbocycles. The zero-order valence-electron chi connectivity index (χ0n) is 6.83. The Balaban J connectivity index is -0.000000125. The predicted octanol–water partition coefficient (Wildman–Crippen LogP) is -0.297. The van der Waals surface area contributed by atoms with Crippen LogP contribution in [-0.2, 0) is 0 Å². The molecule has 0 rings (SSSR count). The third kappa shape index (κ3) is 10.8. The van der Waals surface area contributed by atoms with E-state index < -0.39 is 0 Å². The molecule has 0 bridgehead atoms. The van der Waals surface area contributed by atoms with E-state index in [2.05, 4.69) is 13.8 Å². The van der Waals surface area contributed by atoms with E-state index in [-0.39, 0.29) is 20.3 Å². The zero-order chi connectivity index (χ0) is 4.83. The molecule has 0 unspecified atom stereocenters. The topological polar surface area (TPSA) is 0 Å². The van der Waals surface area contributed by atoms with E-state index in [1.54, 1.807) is 0 Å². The van der Waals surface area contributed by atoms with Crippen LogP contribution in [-0.4, -0.2) is 0 Å². The minimum atomic E-state index is 0. The Morgan fingerprint density at radius 3 is 1.43 bits per heavy atom. The van der Waals surface area contributed by atoms with E-state index in [1.165, 1.54) is 25.7 Å². The molecule has 0 aliphatic rings. The third-order valence-electron chi connectivity index (χ3n) is 0.957. The Hall–Kier alpha value is 0.597. The molecule has 0 fully saturated rings. The van der Waals surface area contributed by atoms with Crippen LogP contribution in [0.15, 0.2) is 0 Å². The van der Waals surface area contributed by atoms with Gasteiger partial charge in [0.15, 0.2) is 0 Å². The van der Waals surface area contributed by atoms with Gasteiger partial charge >= 0.3 is 18.9 Å². The summed E-state index contributed by atoms with van der Waals surface area (Å²) >= 11 is 0. The Morgan fingerprint density at radius 2 is 1.29 bits per heavy atom. The van der Waals surface area contributed by atoms with Crippen molar-refractivity contribution in [2.24, 2.45) is 0 Å². The van der Waals surface area contributed by atoms with Crippen LogP contribution in [0.3, 0.4) is 0 Å². The van der Waals surface area contributed by atoms with Gasteiger partial charge in [0.1, 0.15) is 0 Å². The van der Waals surface area contributed by atoms with E-state index in [9.17, 15) is 0 Å². The summed E-state index contributed by atoms with van der Waals surface area (Å²) in [5, 5.41) is 0. The molecule has 40 valence electrons. The van der Waals surface area contributed by atoms with Gasteiger partial charge in [-0.2, -0.15) is 0 Å². The van der Waals surface area contributed by atoms with Crippen molar-refractivity contribution < 1.29 is 20.3 Å². The van der Waals surface area contributed by atoms with Gasteiger partial charge in [0.05, 0.1) is 0 Å². The first-order chi connectivity index (χ1) is 2.91. The predicted molar refractivity (Wildman–Crippen MR) is 30.9 cm³/mol. The fourth-order valence-electron chi connectivity index (χ4n) is 0.500. The van der Waals surface area contributed by atoms with E-state index >= 15 is 0 Å². The second kappa shape index (κ2) is 9.78.